The number of carbonyl (C=O) groups excluding carboxylic acids is 1. The Morgan fingerprint density at radius 2 is 2.33 bits per heavy atom. The van der Waals surface area contributed by atoms with Gasteiger partial charge in [0.05, 0.1) is 6.61 Å². The number of nitrogens with one attached hydrogen (secondary N) is 2. The predicted octanol–water partition coefficient (Wildman–Crippen LogP) is 1.88. The normalized spacial score (nSPS) is 20.4. The Labute approximate surface area is 108 Å². The molecule has 18 heavy (non-hydrogen) atoms. The minimum atomic E-state index is -0.0597. The molecule has 4 nitrogen and oxygen atoms in total. The highest BCUT2D eigenvalue weighted by atomic mass is 16.5. The van der Waals surface area contributed by atoms with Gasteiger partial charge in [-0.15, -0.1) is 0 Å². The van der Waals surface area contributed by atoms with Gasteiger partial charge in [-0.3, -0.25) is 4.79 Å². The van der Waals surface area contributed by atoms with E-state index >= 15 is 0 Å². The van der Waals surface area contributed by atoms with E-state index in [9.17, 15) is 4.79 Å². The Bertz CT molecular complexity index is 414. The zero-order valence-corrected chi connectivity index (χ0v) is 10.9. The van der Waals surface area contributed by atoms with Crippen LogP contribution >= 0.6 is 0 Å². The molecule has 1 aliphatic rings. The van der Waals surface area contributed by atoms with Gasteiger partial charge in [0.2, 0.25) is 0 Å². The van der Waals surface area contributed by atoms with E-state index in [1.54, 1.807) is 7.05 Å². The number of ether oxygens (including phenoxy) is 1. The summed E-state index contributed by atoms with van der Waals surface area (Å²) in [5, 5.41) is 6.07. The average Bonchev–Trinajstić information content (AvgIpc) is 2.92. The number of amides is 1. The standard InChI is InChI=1S/C14H20N2O2/c1-10(12-6-7-18-9-12)16-13-5-3-4-11(8-13)14(17)15-2/h3-5,8,10,12,16H,6-7,9H2,1-2H3,(H,15,17). The summed E-state index contributed by atoms with van der Waals surface area (Å²) in [6.45, 7) is 3.84. The van der Waals surface area contributed by atoms with Crippen molar-refractivity contribution in [2.45, 2.75) is 19.4 Å². The molecule has 0 spiro atoms. The lowest BCUT2D eigenvalue weighted by atomic mass is 10.0. The van der Waals surface area contributed by atoms with Crippen molar-refractivity contribution in [1.82, 2.24) is 5.32 Å². The van der Waals surface area contributed by atoms with Gasteiger partial charge in [-0.1, -0.05) is 6.07 Å². The molecule has 1 fully saturated rings. The summed E-state index contributed by atoms with van der Waals surface area (Å²) in [5.74, 6) is 0.490. The first-order valence-electron chi connectivity index (χ1n) is 6.37. The van der Waals surface area contributed by atoms with Crippen molar-refractivity contribution < 1.29 is 9.53 Å². The Morgan fingerprint density at radius 3 is 3.00 bits per heavy atom. The minimum Gasteiger partial charge on any atom is -0.382 e. The number of benzene rings is 1. The van der Waals surface area contributed by atoms with Crippen LogP contribution in [0.2, 0.25) is 0 Å². The van der Waals surface area contributed by atoms with Crippen LogP contribution in [-0.2, 0) is 4.74 Å². The summed E-state index contributed by atoms with van der Waals surface area (Å²) in [6.07, 6.45) is 1.10. The number of anilines is 1. The van der Waals surface area contributed by atoms with Crippen molar-refractivity contribution in [2.24, 2.45) is 5.92 Å². The monoisotopic (exact) mass is 248 g/mol. The van der Waals surface area contributed by atoms with Crippen molar-refractivity contribution >= 4 is 11.6 Å². The Morgan fingerprint density at radius 1 is 1.50 bits per heavy atom. The molecule has 2 rings (SSSR count). The van der Waals surface area contributed by atoms with Crippen molar-refractivity contribution in [3.05, 3.63) is 29.8 Å². The second-order valence-electron chi connectivity index (χ2n) is 4.72. The van der Waals surface area contributed by atoms with E-state index in [1.807, 2.05) is 24.3 Å². The van der Waals surface area contributed by atoms with Crippen LogP contribution in [0.4, 0.5) is 5.69 Å². The van der Waals surface area contributed by atoms with E-state index in [0.717, 1.165) is 25.3 Å². The van der Waals surface area contributed by atoms with E-state index in [1.165, 1.54) is 0 Å². The van der Waals surface area contributed by atoms with Gasteiger partial charge in [-0.25, -0.2) is 0 Å². The highest BCUT2D eigenvalue weighted by Gasteiger charge is 2.22. The zero-order valence-electron chi connectivity index (χ0n) is 10.9. The van der Waals surface area contributed by atoms with Crippen LogP contribution in [0.15, 0.2) is 24.3 Å². The second kappa shape index (κ2) is 5.87. The van der Waals surface area contributed by atoms with Gasteiger partial charge in [0.25, 0.3) is 5.91 Å². The van der Waals surface area contributed by atoms with Gasteiger partial charge in [0, 0.05) is 36.9 Å². The van der Waals surface area contributed by atoms with E-state index in [-0.39, 0.29) is 5.91 Å². The van der Waals surface area contributed by atoms with E-state index in [2.05, 4.69) is 17.6 Å². The first kappa shape index (κ1) is 12.9. The highest BCUT2D eigenvalue weighted by molar-refractivity contribution is 5.94. The van der Waals surface area contributed by atoms with Crippen LogP contribution in [0.3, 0.4) is 0 Å². The highest BCUT2D eigenvalue weighted by Crippen LogP contribution is 2.20. The Balaban J connectivity index is 2.02. The molecule has 2 N–H and O–H groups in total. The molecule has 0 aromatic heterocycles. The molecule has 2 unspecified atom stereocenters. The zero-order chi connectivity index (χ0) is 13.0. The molecule has 2 atom stereocenters. The molecule has 1 amide bonds. The Hall–Kier alpha value is -1.55. The molecule has 98 valence electrons. The summed E-state index contributed by atoms with van der Waals surface area (Å²) >= 11 is 0. The molecule has 1 heterocycles. The van der Waals surface area contributed by atoms with Gasteiger partial charge in [0.1, 0.15) is 0 Å². The Kier molecular flexibility index (Phi) is 4.20. The summed E-state index contributed by atoms with van der Waals surface area (Å²) < 4.78 is 5.39. The molecular weight excluding hydrogens is 228 g/mol. The maximum absolute atomic E-state index is 11.5. The van der Waals surface area contributed by atoms with Gasteiger partial charge in [-0.05, 0) is 31.5 Å². The maximum Gasteiger partial charge on any atom is 0.251 e. The third-order valence-corrected chi connectivity index (χ3v) is 3.42. The first-order valence-corrected chi connectivity index (χ1v) is 6.37. The molecule has 1 aromatic rings. The van der Waals surface area contributed by atoms with Crippen LogP contribution in [0.5, 0.6) is 0 Å². The number of carbonyl (C=O) groups is 1. The van der Waals surface area contributed by atoms with Gasteiger partial charge in [-0.2, -0.15) is 0 Å². The number of hydrogen-bond acceptors (Lipinski definition) is 3. The fraction of sp³-hybridized carbons (Fsp3) is 0.500. The van der Waals surface area contributed by atoms with Gasteiger partial charge in [0.15, 0.2) is 0 Å². The largest absolute Gasteiger partial charge is 0.382 e. The van der Waals surface area contributed by atoms with Crippen LogP contribution in [-0.4, -0.2) is 32.2 Å². The van der Waals surface area contributed by atoms with E-state index in [0.29, 0.717) is 17.5 Å². The lowest BCUT2D eigenvalue weighted by molar-refractivity contribution is 0.0963. The van der Waals surface area contributed by atoms with Crippen molar-refractivity contribution in [1.29, 1.82) is 0 Å². The maximum atomic E-state index is 11.5. The van der Waals surface area contributed by atoms with E-state index in [4.69, 9.17) is 4.74 Å². The average molecular weight is 248 g/mol. The van der Waals surface area contributed by atoms with Crippen LogP contribution < -0.4 is 10.6 Å². The fourth-order valence-electron chi connectivity index (χ4n) is 2.22. The molecule has 1 aliphatic heterocycles. The topological polar surface area (TPSA) is 50.4 Å². The first-order chi connectivity index (χ1) is 8.70. The van der Waals surface area contributed by atoms with Gasteiger partial charge >= 0.3 is 0 Å². The number of hydrogen-bond donors (Lipinski definition) is 2. The van der Waals surface area contributed by atoms with Crippen molar-refractivity contribution in [2.75, 3.05) is 25.6 Å². The molecule has 0 aliphatic carbocycles. The molecule has 1 aromatic carbocycles. The molecule has 0 radical (unpaired) electrons. The van der Waals surface area contributed by atoms with Crippen LogP contribution in [0.1, 0.15) is 23.7 Å². The molecular formula is C14H20N2O2. The van der Waals surface area contributed by atoms with Crippen molar-refractivity contribution in [3.63, 3.8) is 0 Å². The van der Waals surface area contributed by atoms with Crippen LogP contribution in [0, 0.1) is 5.92 Å². The predicted molar refractivity (Wildman–Crippen MR) is 71.8 cm³/mol. The van der Waals surface area contributed by atoms with Gasteiger partial charge < -0.3 is 15.4 Å². The van der Waals surface area contributed by atoms with Crippen LogP contribution in [0.25, 0.3) is 0 Å². The molecule has 0 bridgehead atoms. The molecule has 0 saturated carbocycles. The summed E-state index contributed by atoms with van der Waals surface area (Å²) in [7, 11) is 1.64. The quantitative estimate of drug-likeness (QED) is 0.855. The summed E-state index contributed by atoms with van der Waals surface area (Å²) in [6, 6.07) is 7.93. The molecule has 4 heteroatoms. The summed E-state index contributed by atoms with van der Waals surface area (Å²) in [5.41, 5.74) is 1.66. The van der Waals surface area contributed by atoms with E-state index < -0.39 is 0 Å². The third kappa shape index (κ3) is 3.01. The SMILES string of the molecule is CNC(=O)c1cccc(NC(C)C2CCOC2)c1. The fourth-order valence-corrected chi connectivity index (χ4v) is 2.22. The summed E-state index contributed by atoms with van der Waals surface area (Å²) in [4.78, 5) is 11.5. The lowest BCUT2D eigenvalue weighted by Gasteiger charge is -2.20. The lowest BCUT2D eigenvalue weighted by Crippen LogP contribution is -2.26. The number of rotatable bonds is 4. The minimum absolute atomic E-state index is 0.0597. The second-order valence-corrected chi connectivity index (χ2v) is 4.72. The third-order valence-electron chi connectivity index (χ3n) is 3.42. The smallest absolute Gasteiger partial charge is 0.251 e. The molecule has 1 saturated heterocycles. The van der Waals surface area contributed by atoms with Crippen molar-refractivity contribution in [3.8, 4) is 0 Å².